The molecule has 1 amide bonds. The van der Waals surface area contributed by atoms with Crippen LogP contribution in [0.15, 0.2) is 0 Å². The molecule has 1 aliphatic rings. The van der Waals surface area contributed by atoms with E-state index in [4.69, 9.17) is 9.84 Å². The van der Waals surface area contributed by atoms with Crippen LogP contribution in [-0.2, 0) is 4.74 Å². The van der Waals surface area contributed by atoms with Gasteiger partial charge in [0, 0.05) is 14.6 Å². The number of hydrogen-bond donors (Lipinski definition) is 1. The molecule has 1 fully saturated rings. The monoisotopic (exact) mass is 279 g/mol. The summed E-state index contributed by atoms with van der Waals surface area (Å²) in [5, 5.41) is 9.10. The lowest BCUT2D eigenvalue weighted by Crippen LogP contribution is -2.38. The first-order chi connectivity index (χ1) is 7.44. The van der Waals surface area contributed by atoms with Crippen LogP contribution < -0.4 is 0 Å². The van der Waals surface area contributed by atoms with Gasteiger partial charge in [0.2, 0.25) is 0 Å². The van der Waals surface area contributed by atoms with Crippen LogP contribution in [-0.4, -0.2) is 50.0 Å². The fourth-order valence-corrected chi connectivity index (χ4v) is 2.51. The van der Waals surface area contributed by atoms with Crippen LogP contribution in [0.4, 0.5) is 4.79 Å². The van der Waals surface area contributed by atoms with Crippen molar-refractivity contribution in [3.8, 4) is 0 Å². The maximum absolute atomic E-state index is 11.7. The Morgan fingerprint density at radius 3 is 2.65 bits per heavy atom. The van der Waals surface area contributed by atoms with Gasteiger partial charge >= 0.3 is 6.09 Å². The number of aliphatic hydroxyl groups excluding tert-OH is 1. The third-order valence-electron chi connectivity index (χ3n) is 2.90. The average molecular weight is 279 g/mol. The van der Waals surface area contributed by atoms with Gasteiger partial charge in [0.25, 0.3) is 0 Å². The molecule has 0 aromatic rings. The Morgan fingerprint density at radius 2 is 2.12 bits per heavy atom. The Balaban J connectivity index is 0.00000256. The fraction of sp³-hybridized carbons (Fsp3) is 0.909. The van der Waals surface area contributed by atoms with E-state index in [1.165, 1.54) is 0 Å². The number of likely N-dealkylation sites (tertiary alicyclic amines) is 1. The minimum absolute atomic E-state index is 0. The molecular formula is C11H25NO3SSi. The van der Waals surface area contributed by atoms with Gasteiger partial charge in [-0.1, -0.05) is 19.6 Å². The molecule has 0 aliphatic carbocycles. The van der Waals surface area contributed by atoms with Crippen molar-refractivity contribution in [1.29, 1.82) is 0 Å². The molecule has 6 heteroatoms. The van der Waals surface area contributed by atoms with Crippen LogP contribution in [0.25, 0.3) is 0 Å². The third kappa shape index (κ3) is 5.79. The number of amides is 1. The van der Waals surface area contributed by atoms with E-state index in [9.17, 15) is 4.79 Å². The predicted octanol–water partition coefficient (Wildman–Crippen LogP) is 2.03. The summed E-state index contributed by atoms with van der Waals surface area (Å²) in [5.74, 6) is 0. The molecule has 1 aliphatic heterocycles. The molecule has 4 nitrogen and oxygen atoms in total. The van der Waals surface area contributed by atoms with Crippen LogP contribution in [0.1, 0.15) is 12.8 Å². The highest BCUT2D eigenvalue weighted by Gasteiger charge is 2.29. The quantitative estimate of drug-likeness (QED) is 0.801. The maximum Gasteiger partial charge on any atom is 0.410 e. The first kappa shape index (κ1) is 16.8. The van der Waals surface area contributed by atoms with E-state index in [0.717, 1.165) is 25.4 Å². The molecule has 0 aromatic heterocycles. The molecule has 1 N–H and O–H groups in total. The van der Waals surface area contributed by atoms with E-state index in [2.05, 4.69) is 19.6 Å². The second-order valence-electron chi connectivity index (χ2n) is 5.60. The number of rotatable bonds is 4. The summed E-state index contributed by atoms with van der Waals surface area (Å²) < 4.78 is 5.24. The number of hydrogen-bond acceptors (Lipinski definition) is 3. The van der Waals surface area contributed by atoms with Crippen molar-refractivity contribution < 1.29 is 14.6 Å². The highest BCUT2D eigenvalue weighted by atomic mass is 32.1. The average Bonchev–Trinajstić information content (AvgIpc) is 2.63. The maximum atomic E-state index is 11.7. The second-order valence-corrected chi connectivity index (χ2v) is 11.2. The van der Waals surface area contributed by atoms with Gasteiger partial charge in [-0.05, 0) is 18.9 Å². The highest BCUT2D eigenvalue weighted by molar-refractivity contribution is 7.59. The Bertz CT molecular complexity index is 245. The molecule has 0 aromatic carbocycles. The first-order valence-corrected chi connectivity index (χ1v) is 9.69. The predicted molar refractivity (Wildman–Crippen MR) is 76.7 cm³/mol. The SMILES string of the molecule is C[Si](C)(C)CCOC(=O)N1CCC[C@H]1CO.S. The zero-order valence-corrected chi connectivity index (χ0v) is 13.0. The molecule has 0 saturated carbocycles. The number of carbonyl (C=O) groups excluding carboxylic acids is 1. The van der Waals surface area contributed by atoms with Crippen molar-refractivity contribution in [3.63, 3.8) is 0 Å². The first-order valence-electron chi connectivity index (χ1n) is 5.98. The number of nitrogens with zero attached hydrogens (tertiary/aromatic N) is 1. The lowest BCUT2D eigenvalue weighted by Gasteiger charge is -2.23. The van der Waals surface area contributed by atoms with Gasteiger partial charge in [0.15, 0.2) is 0 Å². The van der Waals surface area contributed by atoms with Crippen molar-refractivity contribution in [2.45, 2.75) is 44.6 Å². The lowest BCUT2D eigenvalue weighted by atomic mass is 10.2. The molecular weight excluding hydrogens is 254 g/mol. The molecule has 17 heavy (non-hydrogen) atoms. The van der Waals surface area contributed by atoms with Crippen LogP contribution in [0.3, 0.4) is 0 Å². The fourth-order valence-electron chi connectivity index (χ4n) is 1.79. The molecule has 1 atom stereocenters. The van der Waals surface area contributed by atoms with Crippen molar-refractivity contribution in [3.05, 3.63) is 0 Å². The van der Waals surface area contributed by atoms with Crippen LogP contribution in [0.5, 0.6) is 0 Å². The summed E-state index contributed by atoms with van der Waals surface area (Å²) in [6, 6.07) is 0.968. The number of carbonyl (C=O) groups is 1. The molecule has 0 spiro atoms. The van der Waals surface area contributed by atoms with Gasteiger partial charge in [-0.2, -0.15) is 13.5 Å². The molecule has 1 heterocycles. The molecule has 1 rings (SSSR count). The molecule has 102 valence electrons. The van der Waals surface area contributed by atoms with Crippen molar-refractivity contribution in [2.75, 3.05) is 19.8 Å². The summed E-state index contributed by atoms with van der Waals surface area (Å²) in [5.41, 5.74) is 0. The summed E-state index contributed by atoms with van der Waals surface area (Å²) in [6.45, 7) is 8.05. The van der Waals surface area contributed by atoms with Gasteiger partial charge in [0.05, 0.1) is 19.3 Å². The van der Waals surface area contributed by atoms with Gasteiger partial charge in [-0.25, -0.2) is 4.79 Å². The largest absolute Gasteiger partial charge is 0.450 e. The van der Waals surface area contributed by atoms with Gasteiger partial charge in [0.1, 0.15) is 0 Å². The second kappa shape index (κ2) is 7.28. The van der Waals surface area contributed by atoms with Crippen molar-refractivity contribution >= 4 is 27.7 Å². The van der Waals surface area contributed by atoms with Crippen LogP contribution in [0.2, 0.25) is 25.7 Å². The zero-order chi connectivity index (χ0) is 12.2. The molecule has 0 bridgehead atoms. The Kier molecular flexibility index (Phi) is 7.19. The van der Waals surface area contributed by atoms with E-state index >= 15 is 0 Å². The lowest BCUT2D eigenvalue weighted by molar-refractivity contribution is 0.0883. The standard InChI is InChI=1S/C11H23NO3Si.H2S/c1-16(2,3)8-7-15-11(14)12-6-4-5-10(12)9-13;/h10,13H,4-9H2,1-3H3;1H2/t10-;/m0./s1. The smallest absolute Gasteiger partial charge is 0.410 e. The molecule has 0 unspecified atom stereocenters. The summed E-state index contributed by atoms with van der Waals surface area (Å²) >= 11 is 0. The van der Waals surface area contributed by atoms with E-state index in [1.807, 2.05) is 0 Å². The van der Waals surface area contributed by atoms with E-state index in [1.54, 1.807) is 4.90 Å². The van der Waals surface area contributed by atoms with Crippen LogP contribution >= 0.6 is 13.5 Å². The third-order valence-corrected chi connectivity index (χ3v) is 4.60. The highest BCUT2D eigenvalue weighted by Crippen LogP contribution is 2.18. The summed E-state index contributed by atoms with van der Waals surface area (Å²) in [4.78, 5) is 13.4. The Hall–Kier alpha value is -0.203. The van der Waals surface area contributed by atoms with Gasteiger partial charge < -0.3 is 14.7 Å². The minimum Gasteiger partial charge on any atom is -0.450 e. The zero-order valence-electron chi connectivity index (χ0n) is 11.0. The minimum atomic E-state index is -1.13. The van der Waals surface area contributed by atoms with E-state index in [0.29, 0.717) is 6.61 Å². The van der Waals surface area contributed by atoms with Crippen molar-refractivity contribution in [1.82, 2.24) is 4.90 Å². The van der Waals surface area contributed by atoms with Gasteiger partial charge in [-0.15, -0.1) is 0 Å². The summed E-state index contributed by atoms with van der Waals surface area (Å²) in [6.07, 6.45) is 1.60. The van der Waals surface area contributed by atoms with E-state index < -0.39 is 8.07 Å². The molecule has 0 radical (unpaired) electrons. The summed E-state index contributed by atoms with van der Waals surface area (Å²) in [7, 11) is -1.13. The van der Waals surface area contributed by atoms with Crippen LogP contribution in [0, 0.1) is 0 Å². The number of aliphatic hydroxyl groups is 1. The number of ether oxygens (including phenoxy) is 1. The topological polar surface area (TPSA) is 49.8 Å². The van der Waals surface area contributed by atoms with Gasteiger partial charge in [-0.3, -0.25) is 0 Å². The molecule has 1 saturated heterocycles. The van der Waals surface area contributed by atoms with E-state index in [-0.39, 0.29) is 32.2 Å². The van der Waals surface area contributed by atoms with Crippen molar-refractivity contribution in [2.24, 2.45) is 0 Å². The normalized spacial score (nSPS) is 20.0. The Morgan fingerprint density at radius 1 is 1.47 bits per heavy atom. The Labute approximate surface area is 112 Å².